The molecular weight excluding hydrogens is 381 g/mol. The lowest BCUT2D eigenvalue weighted by atomic mass is 9.92. The number of pyridine rings is 1. The van der Waals surface area contributed by atoms with Crippen molar-refractivity contribution in [3.8, 4) is 5.75 Å². The van der Waals surface area contributed by atoms with E-state index in [-0.39, 0.29) is 17.7 Å². The Hall–Kier alpha value is -2.83. The topological polar surface area (TPSA) is 51.2 Å². The number of nitrogens with one attached hydrogen (secondary N) is 1. The number of ether oxygens (including phenoxy) is 1. The molecule has 29 heavy (non-hydrogen) atoms. The van der Waals surface area contributed by atoms with Gasteiger partial charge in [-0.3, -0.25) is 9.78 Å². The van der Waals surface area contributed by atoms with E-state index in [0.29, 0.717) is 37.0 Å². The number of amides is 1. The van der Waals surface area contributed by atoms with Gasteiger partial charge in [0, 0.05) is 36.0 Å². The summed E-state index contributed by atoms with van der Waals surface area (Å²) >= 11 is 0. The normalized spacial score (nSPS) is 20.2. The fourth-order valence-corrected chi connectivity index (χ4v) is 3.88. The average molecular weight is 402 g/mol. The molecule has 0 saturated heterocycles. The van der Waals surface area contributed by atoms with E-state index < -0.39 is 11.7 Å². The van der Waals surface area contributed by atoms with Crippen LogP contribution in [0.4, 0.5) is 13.2 Å². The number of hydrogen-bond donors (Lipinski definition) is 1. The molecule has 152 valence electrons. The number of aryl methyl sites for hydroxylation is 1. The molecule has 1 atom stereocenters. The van der Waals surface area contributed by atoms with Gasteiger partial charge in [-0.05, 0) is 55.0 Å². The summed E-state index contributed by atoms with van der Waals surface area (Å²) in [5, 5.41) is 3.02. The van der Waals surface area contributed by atoms with Crippen molar-refractivity contribution in [2.24, 2.45) is 0 Å². The standard InChI is InChI=1S/C22H21F3N2O2/c23-22(24,25)16-6-8-18-15(4-2-10-29-20(18)12-16)11-21(28)27-17-7-5-14-3-1-9-26-19(14)13-17/h1,3,6,8-9,11-12,17H,2,4-5,7,10,13H2,(H,27,28). The summed E-state index contributed by atoms with van der Waals surface area (Å²) in [5.74, 6) is -0.0655. The Labute approximate surface area is 166 Å². The molecular formula is C22H21F3N2O2. The second kappa shape index (κ2) is 7.89. The molecule has 2 aliphatic rings. The van der Waals surface area contributed by atoms with Gasteiger partial charge in [0.25, 0.3) is 0 Å². The minimum absolute atomic E-state index is 0.00384. The molecule has 2 heterocycles. The van der Waals surface area contributed by atoms with Gasteiger partial charge in [0.05, 0.1) is 12.2 Å². The summed E-state index contributed by atoms with van der Waals surface area (Å²) in [6.07, 6.45) is 2.40. The lowest BCUT2D eigenvalue weighted by Gasteiger charge is -2.24. The van der Waals surface area contributed by atoms with Crippen LogP contribution in [0.5, 0.6) is 5.75 Å². The number of allylic oxidation sites excluding steroid dienone is 1. The Bertz CT molecular complexity index is 953. The lowest BCUT2D eigenvalue weighted by Crippen LogP contribution is -2.38. The minimum atomic E-state index is -4.43. The van der Waals surface area contributed by atoms with Crippen LogP contribution in [0.25, 0.3) is 5.57 Å². The zero-order valence-corrected chi connectivity index (χ0v) is 15.8. The van der Waals surface area contributed by atoms with E-state index in [1.54, 1.807) is 6.20 Å². The molecule has 1 aromatic heterocycles. The van der Waals surface area contributed by atoms with E-state index in [2.05, 4.69) is 16.4 Å². The number of nitrogens with zero attached hydrogens (tertiary/aromatic N) is 1. The molecule has 1 aromatic carbocycles. The van der Waals surface area contributed by atoms with E-state index >= 15 is 0 Å². The summed E-state index contributed by atoms with van der Waals surface area (Å²) in [5.41, 5.74) is 2.70. The van der Waals surface area contributed by atoms with Crippen molar-refractivity contribution in [3.63, 3.8) is 0 Å². The number of fused-ring (bicyclic) bond motifs is 2. The number of halogens is 3. The summed E-state index contributed by atoms with van der Waals surface area (Å²) in [7, 11) is 0. The van der Waals surface area contributed by atoms with Crippen LogP contribution in [0.2, 0.25) is 0 Å². The van der Waals surface area contributed by atoms with E-state index in [1.807, 2.05) is 6.07 Å². The van der Waals surface area contributed by atoms with Crippen molar-refractivity contribution >= 4 is 11.5 Å². The lowest BCUT2D eigenvalue weighted by molar-refractivity contribution is -0.137. The fraction of sp³-hybridized carbons (Fsp3) is 0.364. The highest BCUT2D eigenvalue weighted by atomic mass is 19.4. The number of carbonyl (C=O) groups is 1. The molecule has 1 amide bonds. The zero-order chi connectivity index (χ0) is 20.4. The number of rotatable bonds is 2. The third-order valence-corrected chi connectivity index (χ3v) is 5.34. The van der Waals surface area contributed by atoms with E-state index in [1.165, 1.54) is 17.7 Å². The molecule has 4 rings (SSSR count). The fourth-order valence-electron chi connectivity index (χ4n) is 3.88. The molecule has 7 heteroatoms. The maximum Gasteiger partial charge on any atom is 0.416 e. The Morgan fingerprint density at radius 2 is 2.10 bits per heavy atom. The van der Waals surface area contributed by atoms with Crippen LogP contribution in [0.1, 0.15) is 41.6 Å². The van der Waals surface area contributed by atoms with Crippen molar-refractivity contribution in [2.45, 2.75) is 44.3 Å². The van der Waals surface area contributed by atoms with Crippen LogP contribution in [-0.2, 0) is 23.8 Å². The smallest absolute Gasteiger partial charge is 0.416 e. The summed E-state index contributed by atoms with van der Waals surface area (Å²) in [6, 6.07) is 7.40. The van der Waals surface area contributed by atoms with Gasteiger partial charge in [-0.1, -0.05) is 12.1 Å². The van der Waals surface area contributed by atoms with Gasteiger partial charge < -0.3 is 10.1 Å². The highest BCUT2D eigenvalue weighted by Gasteiger charge is 2.32. The van der Waals surface area contributed by atoms with Crippen molar-refractivity contribution in [1.29, 1.82) is 0 Å². The molecule has 4 nitrogen and oxygen atoms in total. The van der Waals surface area contributed by atoms with Crippen LogP contribution in [-0.4, -0.2) is 23.5 Å². The molecule has 0 saturated carbocycles. The summed E-state index contributed by atoms with van der Waals surface area (Å²) < 4.78 is 44.5. The van der Waals surface area contributed by atoms with Gasteiger partial charge >= 0.3 is 6.18 Å². The highest BCUT2D eigenvalue weighted by Crippen LogP contribution is 2.38. The number of carbonyl (C=O) groups excluding carboxylic acids is 1. The minimum Gasteiger partial charge on any atom is -0.493 e. The molecule has 1 N–H and O–H groups in total. The first-order valence-electron chi connectivity index (χ1n) is 9.68. The van der Waals surface area contributed by atoms with E-state index in [0.717, 1.165) is 30.7 Å². The van der Waals surface area contributed by atoms with Crippen LogP contribution in [0.15, 0.2) is 42.6 Å². The van der Waals surface area contributed by atoms with Crippen LogP contribution in [0.3, 0.4) is 0 Å². The monoisotopic (exact) mass is 402 g/mol. The van der Waals surface area contributed by atoms with Crippen LogP contribution < -0.4 is 10.1 Å². The zero-order valence-electron chi connectivity index (χ0n) is 15.8. The van der Waals surface area contributed by atoms with Crippen molar-refractivity contribution in [1.82, 2.24) is 10.3 Å². The predicted octanol–water partition coefficient (Wildman–Crippen LogP) is 4.33. The molecule has 0 radical (unpaired) electrons. The third kappa shape index (κ3) is 4.44. The van der Waals surface area contributed by atoms with Crippen molar-refractivity contribution in [3.05, 3.63) is 65.0 Å². The van der Waals surface area contributed by atoms with Gasteiger partial charge in [0.1, 0.15) is 5.75 Å². The van der Waals surface area contributed by atoms with Gasteiger partial charge in [0.15, 0.2) is 0 Å². The number of hydrogen-bond acceptors (Lipinski definition) is 3. The predicted molar refractivity (Wildman–Crippen MR) is 102 cm³/mol. The summed E-state index contributed by atoms with van der Waals surface area (Å²) in [6.45, 7) is 0.318. The maximum atomic E-state index is 13.0. The second-order valence-electron chi connectivity index (χ2n) is 7.39. The average Bonchev–Trinajstić information content (AvgIpc) is 2.89. The molecule has 0 spiro atoms. The van der Waals surface area contributed by atoms with Gasteiger partial charge in [-0.2, -0.15) is 13.2 Å². The Morgan fingerprint density at radius 1 is 1.24 bits per heavy atom. The van der Waals surface area contributed by atoms with Crippen molar-refractivity contribution < 1.29 is 22.7 Å². The van der Waals surface area contributed by atoms with Crippen molar-refractivity contribution in [2.75, 3.05) is 6.61 Å². The molecule has 1 unspecified atom stereocenters. The number of alkyl halides is 3. The van der Waals surface area contributed by atoms with E-state index in [9.17, 15) is 18.0 Å². The van der Waals surface area contributed by atoms with Gasteiger partial charge in [-0.15, -0.1) is 0 Å². The molecule has 1 aliphatic heterocycles. The maximum absolute atomic E-state index is 13.0. The number of benzene rings is 1. The van der Waals surface area contributed by atoms with Crippen LogP contribution >= 0.6 is 0 Å². The molecule has 1 aliphatic carbocycles. The second-order valence-corrected chi connectivity index (χ2v) is 7.39. The summed E-state index contributed by atoms with van der Waals surface area (Å²) in [4.78, 5) is 17.0. The highest BCUT2D eigenvalue weighted by molar-refractivity contribution is 5.96. The Kier molecular flexibility index (Phi) is 5.30. The first kappa shape index (κ1) is 19.5. The first-order valence-corrected chi connectivity index (χ1v) is 9.68. The van der Waals surface area contributed by atoms with Gasteiger partial charge in [-0.25, -0.2) is 0 Å². The van der Waals surface area contributed by atoms with E-state index in [4.69, 9.17) is 4.74 Å². The molecule has 2 aromatic rings. The molecule has 0 fully saturated rings. The van der Waals surface area contributed by atoms with Gasteiger partial charge in [0.2, 0.25) is 5.91 Å². The van der Waals surface area contributed by atoms with Crippen LogP contribution in [0, 0.1) is 0 Å². The largest absolute Gasteiger partial charge is 0.493 e. The third-order valence-electron chi connectivity index (χ3n) is 5.34. The first-order chi connectivity index (χ1) is 13.9. The molecule has 0 bridgehead atoms. The number of aromatic nitrogens is 1. The Morgan fingerprint density at radius 3 is 2.93 bits per heavy atom. The Balaban J connectivity index is 1.51. The SMILES string of the molecule is O=C(C=C1CCCOc2cc(C(F)(F)F)ccc21)NC1CCc2cccnc2C1. The quantitative estimate of drug-likeness (QED) is 0.761.